The van der Waals surface area contributed by atoms with Gasteiger partial charge in [0.25, 0.3) is 5.91 Å². The van der Waals surface area contributed by atoms with E-state index in [4.69, 9.17) is 4.42 Å². The molecule has 2 aromatic rings. The Bertz CT molecular complexity index is 680. The molecule has 20 heavy (non-hydrogen) atoms. The van der Waals surface area contributed by atoms with Gasteiger partial charge in [0.05, 0.1) is 11.8 Å². The first-order chi connectivity index (χ1) is 9.69. The number of carbonyl (C=O) groups excluding carboxylic acids is 1. The molecule has 1 amide bonds. The van der Waals surface area contributed by atoms with Crippen LogP contribution in [-0.4, -0.2) is 5.91 Å². The predicted molar refractivity (Wildman–Crippen MR) is 76.9 cm³/mol. The molecule has 1 aliphatic carbocycles. The number of fused-ring (bicyclic) bond motifs is 1. The van der Waals surface area contributed by atoms with E-state index in [1.807, 2.05) is 0 Å². The average molecular weight is 286 g/mol. The van der Waals surface area contributed by atoms with Gasteiger partial charge in [-0.3, -0.25) is 4.79 Å². The van der Waals surface area contributed by atoms with Gasteiger partial charge in [-0.25, -0.2) is 0 Å². The molecule has 0 spiro atoms. The third-order valence-corrected chi connectivity index (χ3v) is 4.77. The van der Waals surface area contributed by atoms with Crippen LogP contribution >= 0.6 is 11.3 Å². The van der Waals surface area contributed by atoms with Gasteiger partial charge in [-0.15, -0.1) is 11.3 Å². The molecule has 2 heterocycles. The van der Waals surface area contributed by atoms with Crippen LogP contribution in [0, 0.1) is 17.2 Å². The van der Waals surface area contributed by atoms with Gasteiger partial charge >= 0.3 is 0 Å². The van der Waals surface area contributed by atoms with Crippen molar-refractivity contribution in [1.29, 1.82) is 5.26 Å². The van der Waals surface area contributed by atoms with Gasteiger partial charge in [0.15, 0.2) is 5.76 Å². The third kappa shape index (κ3) is 2.23. The van der Waals surface area contributed by atoms with Crippen LogP contribution in [0.1, 0.15) is 39.9 Å². The maximum Gasteiger partial charge on any atom is 0.291 e. The molecule has 1 unspecified atom stereocenters. The Morgan fingerprint density at radius 2 is 2.45 bits per heavy atom. The van der Waals surface area contributed by atoms with Gasteiger partial charge in [0.1, 0.15) is 11.1 Å². The summed E-state index contributed by atoms with van der Waals surface area (Å²) in [7, 11) is 0. The zero-order valence-electron chi connectivity index (χ0n) is 11.1. The molecule has 0 radical (unpaired) electrons. The molecule has 0 saturated carbocycles. The quantitative estimate of drug-likeness (QED) is 0.917. The summed E-state index contributed by atoms with van der Waals surface area (Å²) < 4.78 is 5.07. The van der Waals surface area contributed by atoms with Crippen LogP contribution in [0.25, 0.3) is 0 Å². The molecule has 4 nitrogen and oxygen atoms in total. The van der Waals surface area contributed by atoms with Crippen LogP contribution in [0.3, 0.4) is 0 Å². The van der Waals surface area contributed by atoms with Crippen molar-refractivity contribution >= 4 is 22.2 Å². The molecule has 0 aliphatic heterocycles. The minimum Gasteiger partial charge on any atom is -0.459 e. The molecule has 1 aliphatic rings. The van der Waals surface area contributed by atoms with Crippen LogP contribution in [0.15, 0.2) is 22.8 Å². The molecule has 0 bridgehead atoms. The van der Waals surface area contributed by atoms with E-state index < -0.39 is 0 Å². The summed E-state index contributed by atoms with van der Waals surface area (Å²) in [6.45, 7) is 2.22. The zero-order valence-corrected chi connectivity index (χ0v) is 11.9. The van der Waals surface area contributed by atoms with E-state index in [1.165, 1.54) is 22.5 Å². The number of carbonyl (C=O) groups is 1. The number of nitrogens with one attached hydrogen (secondary N) is 1. The Hall–Kier alpha value is -2.06. The van der Waals surface area contributed by atoms with Gasteiger partial charge in [0, 0.05) is 4.88 Å². The maximum absolute atomic E-state index is 12.0. The highest BCUT2D eigenvalue weighted by Gasteiger charge is 2.25. The summed E-state index contributed by atoms with van der Waals surface area (Å²) >= 11 is 1.52. The van der Waals surface area contributed by atoms with Gasteiger partial charge in [-0.1, -0.05) is 6.92 Å². The lowest BCUT2D eigenvalue weighted by atomic mass is 9.89. The molecular weight excluding hydrogens is 272 g/mol. The summed E-state index contributed by atoms with van der Waals surface area (Å²) in [5.41, 5.74) is 1.74. The first kappa shape index (κ1) is 12.9. The van der Waals surface area contributed by atoms with Crippen LogP contribution < -0.4 is 5.32 Å². The molecule has 0 fully saturated rings. The van der Waals surface area contributed by atoms with E-state index >= 15 is 0 Å². The number of anilines is 1. The number of nitrogens with zero attached hydrogens (tertiary/aromatic N) is 1. The minimum absolute atomic E-state index is 0.258. The fourth-order valence-electron chi connectivity index (χ4n) is 2.53. The molecule has 0 aromatic carbocycles. The standard InChI is InChI=1S/C15H14N2O2S/c1-9-4-5-10-11(8-16)15(20-13(10)7-9)17-14(18)12-3-2-6-19-12/h2-3,6,9H,4-5,7H2,1H3,(H,17,18). The zero-order chi connectivity index (χ0) is 14.1. The fraction of sp³-hybridized carbons (Fsp3) is 0.333. The second-order valence-electron chi connectivity index (χ2n) is 5.10. The number of furan rings is 1. The van der Waals surface area contributed by atoms with Crippen LogP contribution in [0.2, 0.25) is 0 Å². The molecule has 5 heteroatoms. The summed E-state index contributed by atoms with van der Waals surface area (Å²) in [4.78, 5) is 13.2. The van der Waals surface area contributed by atoms with Crippen molar-refractivity contribution in [3.05, 3.63) is 40.2 Å². The predicted octanol–water partition coefficient (Wildman–Crippen LogP) is 3.59. The number of hydrogen-bond acceptors (Lipinski definition) is 4. The lowest BCUT2D eigenvalue weighted by molar-refractivity contribution is 0.0997. The number of thiophene rings is 1. The highest BCUT2D eigenvalue weighted by atomic mass is 32.1. The highest BCUT2D eigenvalue weighted by molar-refractivity contribution is 7.16. The monoisotopic (exact) mass is 286 g/mol. The minimum atomic E-state index is -0.307. The fourth-order valence-corrected chi connectivity index (χ4v) is 3.89. The summed E-state index contributed by atoms with van der Waals surface area (Å²) in [6.07, 6.45) is 4.48. The molecule has 0 saturated heterocycles. The van der Waals surface area contributed by atoms with Crippen LogP contribution in [0.4, 0.5) is 5.00 Å². The maximum atomic E-state index is 12.0. The molecule has 1 atom stereocenters. The number of rotatable bonds is 2. The molecule has 1 N–H and O–H groups in total. The summed E-state index contributed by atoms with van der Waals surface area (Å²) in [6, 6.07) is 5.51. The van der Waals surface area contributed by atoms with Crippen molar-refractivity contribution in [1.82, 2.24) is 0 Å². The summed E-state index contributed by atoms with van der Waals surface area (Å²) in [5, 5.41) is 12.8. The van der Waals surface area contributed by atoms with Crippen molar-refractivity contribution in [2.45, 2.75) is 26.2 Å². The Morgan fingerprint density at radius 1 is 1.60 bits per heavy atom. The largest absolute Gasteiger partial charge is 0.459 e. The van der Waals surface area contributed by atoms with E-state index in [0.29, 0.717) is 16.5 Å². The smallest absolute Gasteiger partial charge is 0.291 e. The molecule has 102 valence electrons. The first-order valence-corrected chi connectivity index (χ1v) is 7.40. The van der Waals surface area contributed by atoms with Crippen molar-refractivity contribution in [3.63, 3.8) is 0 Å². The van der Waals surface area contributed by atoms with Crippen LogP contribution in [0.5, 0.6) is 0 Å². The molecular formula is C15H14N2O2S. The average Bonchev–Trinajstić information content (AvgIpc) is 3.04. The molecule has 2 aromatic heterocycles. The Kier molecular flexibility index (Phi) is 3.33. The summed E-state index contributed by atoms with van der Waals surface area (Å²) in [5.74, 6) is 0.591. The third-order valence-electron chi connectivity index (χ3n) is 3.60. The van der Waals surface area contributed by atoms with E-state index in [9.17, 15) is 10.1 Å². The number of amides is 1. The van der Waals surface area contributed by atoms with Crippen molar-refractivity contribution in [2.24, 2.45) is 5.92 Å². The van der Waals surface area contributed by atoms with Crippen molar-refractivity contribution < 1.29 is 9.21 Å². The molecule has 3 rings (SSSR count). The second kappa shape index (κ2) is 5.14. The van der Waals surface area contributed by atoms with E-state index in [-0.39, 0.29) is 11.7 Å². The van der Waals surface area contributed by atoms with E-state index in [1.54, 1.807) is 12.1 Å². The Morgan fingerprint density at radius 3 is 3.15 bits per heavy atom. The van der Waals surface area contributed by atoms with Crippen LogP contribution in [-0.2, 0) is 12.8 Å². The van der Waals surface area contributed by atoms with Gasteiger partial charge in [0.2, 0.25) is 0 Å². The SMILES string of the molecule is CC1CCc2c(sc(NC(=O)c3ccco3)c2C#N)C1. The van der Waals surface area contributed by atoms with E-state index in [2.05, 4.69) is 18.3 Å². The normalized spacial score (nSPS) is 17.3. The van der Waals surface area contributed by atoms with Crippen molar-refractivity contribution in [2.75, 3.05) is 5.32 Å². The first-order valence-electron chi connectivity index (χ1n) is 6.58. The lowest BCUT2D eigenvalue weighted by Gasteiger charge is -2.17. The Labute approximate surface area is 121 Å². The van der Waals surface area contributed by atoms with Gasteiger partial charge < -0.3 is 9.73 Å². The van der Waals surface area contributed by atoms with Gasteiger partial charge in [-0.2, -0.15) is 5.26 Å². The van der Waals surface area contributed by atoms with E-state index in [0.717, 1.165) is 24.8 Å². The second-order valence-corrected chi connectivity index (χ2v) is 6.20. The topological polar surface area (TPSA) is 66.0 Å². The van der Waals surface area contributed by atoms with Gasteiger partial charge in [-0.05, 0) is 42.9 Å². The Balaban J connectivity index is 1.91. The number of hydrogen-bond donors (Lipinski definition) is 1. The van der Waals surface area contributed by atoms with Crippen molar-refractivity contribution in [3.8, 4) is 6.07 Å². The highest BCUT2D eigenvalue weighted by Crippen LogP contribution is 2.39. The lowest BCUT2D eigenvalue weighted by Crippen LogP contribution is -2.11. The number of nitriles is 1.